The minimum absolute atomic E-state index is 0.0254. The Labute approximate surface area is 206 Å². The van der Waals surface area contributed by atoms with E-state index in [4.69, 9.17) is 14.2 Å². The van der Waals surface area contributed by atoms with Crippen LogP contribution in [0.25, 0.3) is 10.9 Å². The van der Waals surface area contributed by atoms with Gasteiger partial charge in [-0.1, -0.05) is 54.6 Å². The molecule has 1 atom stereocenters. The van der Waals surface area contributed by atoms with Crippen LogP contribution in [0.4, 0.5) is 0 Å². The van der Waals surface area contributed by atoms with Gasteiger partial charge in [-0.15, -0.1) is 0 Å². The molecule has 0 aliphatic heterocycles. The molecule has 0 aliphatic carbocycles. The van der Waals surface area contributed by atoms with Crippen LogP contribution in [-0.2, 0) is 23.2 Å². The largest absolute Gasteiger partial charge is 0.493 e. The lowest BCUT2D eigenvalue weighted by atomic mass is 9.87. The number of fused-ring (bicyclic) bond motifs is 1. The van der Waals surface area contributed by atoms with Gasteiger partial charge in [-0.25, -0.2) is 0 Å². The maximum Gasteiger partial charge on any atom is 0.221 e. The SMILES string of the molecule is COCCNC(=O)CC(c1ccc(OC)c(OCc2ccccc2)c1)c1cn(C)c2ccccc12. The van der Waals surface area contributed by atoms with Crippen molar-refractivity contribution >= 4 is 16.8 Å². The van der Waals surface area contributed by atoms with Crippen LogP contribution >= 0.6 is 0 Å². The van der Waals surface area contributed by atoms with Crippen LogP contribution in [0.2, 0.25) is 0 Å². The highest BCUT2D eigenvalue weighted by molar-refractivity contribution is 5.86. The van der Waals surface area contributed by atoms with Crippen molar-refractivity contribution in [3.63, 3.8) is 0 Å². The molecule has 6 heteroatoms. The summed E-state index contributed by atoms with van der Waals surface area (Å²) in [4.78, 5) is 12.9. The highest BCUT2D eigenvalue weighted by Crippen LogP contribution is 2.38. The lowest BCUT2D eigenvalue weighted by molar-refractivity contribution is -0.121. The summed E-state index contributed by atoms with van der Waals surface area (Å²) in [7, 11) is 5.29. The molecule has 3 aromatic carbocycles. The molecule has 35 heavy (non-hydrogen) atoms. The van der Waals surface area contributed by atoms with Crippen molar-refractivity contribution in [2.45, 2.75) is 18.9 Å². The van der Waals surface area contributed by atoms with Crippen LogP contribution in [0, 0.1) is 0 Å². The lowest BCUT2D eigenvalue weighted by Crippen LogP contribution is -2.28. The minimum atomic E-state index is -0.159. The fraction of sp³-hybridized carbons (Fsp3) is 0.276. The Morgan fingerprint density at radius 1 is 0.971 bits per heavy atom. The fourth-order valence-electron chi connectivity index (χ4n) is 4.37. The molecule has 4 aromatic rings. The van der Waals surface area contributed by atoms with E-state index in [1.54, 1.807) is 14.2 Å². The Hall–Kier alpha value is -3.77. The van der Waals surface area contributed by atoms with Gasteiger partial charge in [-0.2, -0.15) is 0 Å². The number of carbonyl (C=O) groups excluding carboxylic acids is 1. The molecule has 0 radical (unpaired) electrons. The third-order valence-electron chi connectivity index (χ3n) is 6.15. The topological polar surface area (TPSA) is 61.7 Å². The number of para-hydroxylation sites is 1. The molecule has 1 unspecified atom stereocenters. The van der Waals surface area contributed by atoms with E-state index >= 15 is 0 Å². The maximum absolute atomic E-state index is 12.9. The number of ether oxygens (including phenoxy) is 3. The van der Waals surface area contributed by atoms with E-state index in [9.17, 15) is 4.79 Å². The summed E-state index contributed by atoms with van der Waals surface area (Å²) >= 11 is 0. The molecule has 0 saturated carbocycles. The molecule has 0 saturated heterocycles. The zero-order valence-electron chi connectivity index (χ0n) is 20.5. The average Bonchev–Trinajstić information content (AvgIpc) is 3.23. The third kappa shape index (κ3) is 5.84. The van der Waals surface area contributed by atoms with Gasteiger partial charge in [-0.3, -0.25) is 4.79 Å². The number of rotatable bonds is 11. The van der Waals surface area contributed by atoms with Crippen LogP contribution < -0.4 is 14.8 Å². The maximum atomic E-state index is 12.9. The number of methoxy groups -OCH3 is 2. The second-order valence-corrected chi connectivity index (χ2v) is 8.50. The predicted molar refractivity (Wildman–Crippen MR) is 138 cm³/mol. The number of carbonyl (C=O) groups is 1. The van der Waals surface area contributed by atoms with Crippen LogP contribution in [0.1, 0.15) is 29.0 Å². The van der Waals surface area contributed by atoms with Gasteiger partial charge in [0.15, 0.2) is 11.5 Å². The summed E-state index contributed by atoms with van der Waals surface area (Å²) in [5.74, 6) is 1.13. The summed E-state index contributed by atoms with van der Waals surface area (Å²) in [6, 6.07) is 24.2. The average molecular weight is 473 g/mol. The van der Waals surface area contributed by atoms with E-state index in [-0.39, 0.29) is 11.8 Å². The molecular formula is C29H32N2O4. The molecule has 6 nitrogen and oxygen atoms in total. The second kappa shape index (κ2) is 11.6. The van der Waals surface area contributed by atoms with Crippen LogP contribution in [-0.4, -0.2) is 37.8 Å². The molecule has 0 spiro atoms. The summed E-state index contributed by atoms with van der Waals surface area (Å²) in [5, 5.41) is 4.10. The number of benzene rings is 3. The van der Waals surface area contributed by atoms with Crippen LogP contribution in [0.3, 0.4) is 0 Å². The summed E-state index contributed by atoms with van der Waals surface area (Å²) in [6.07, 6.45) is 2.43. The van der Waals surface area contributed by atoms with Crippen molar-refractivity contribution in [3.8, 4) is 11.5 Å². The number of nitrogens with zero attached hydrogens (tertiary/aromatic N) is 1. The predicted octanol–water partition coefficient (Wildman–Crippen LogP) is 5.05. The van der Waals surface area contributed by atoms with Crippen molar-refractivity contribution in [3.05, 3.63) is 95.7 Å². The number of hydrogen-bond donors (Lipinski definition) is 1. The van der Waals surface area contributed by atoms with E-state index in [0.29, 0.717) is 37.7 Å². The molecule has 1 heterocycles. The van der Waals surface area contributed by atoms with Crippen molar-refractivity contribution < 1.29 is 19.0 Å². The summed E-state index contributed by atoms with van der Waals surface area (Å²) < 4.78 is 18.9. The van der Waals surface area contributed by atoms with Gasteiger partial charge >= 0.3 is 0 Å². The van der Waals surface area contributed by atoms with E-state index in [1.165, 1.54) is 0 Å². The Balaban J connectivity index is 1.70. The molecule has 1 N–H and O–H groups in total. The van der Waals surface area contributed by atoms with Gasteiger partial charge < -0.3 is 24.1 Å². The number of aryl methyl sites for hydroxylation is 1. The first-order valence-corrected chi connectivity index (χ1v) is 11.7. The molecule has 182 valence electrons. The molecule has 1 amide bonds. The normalized spacial score (nSPS) is 11.9. The van der Waals surface area contributed by atoms with Gasteiger partial charge in [0, 0.05) is 50.1 Å². The third-order valence-corrected chi connectivity index (χ3v) is 6.15. The monoisotopic (exact) mass is 472 g/mol. The Kier molecular flexibility index (Phi) is 8.06. The fourth-order valence-corrected chi connectivity index (χ4v) is 4.37. The zero-order valence-corrected chi connectivity index (χ0v) is 20.5. The molecular weight excluding hydrogens is 440 g/mol. The van der Waals surface area contributed by atoms with Crippen molar-refractivity contribution in [2.75, 3.05) is 27.4 Å². The Morgan fingerprint density at radius 2 is 1.74 bits per heavy atom. The van der Waals surface area contributed by atoms with E-state index in [1.807, 2.05) is 67.7 Å². The number of amides is 1. The lowest BCUT2D eigenvalue weighted by Gasteiger charge is -2.20. The first kappa shape index (κ1) is 24.4. The Morgan fingerprint density at radius 3 is 2.51 bits per heavy atom. The van der Waals surface area contributed by atoms with Crippen molar-refractivity contribution in [1.29, 1.82) is 0 Å². The van der Waals surface area contributed by atoms with E-state index in [2.05, 4.69) is 28.2 Å². The van der Waals surface area contributed by atoms with Crippen LogP contribution in [0.15, 0.2) is 79.0 Å². The second-order valence-electron chi connectivity index (χ2n) is 8.50. The number of aromatic nitrogens is 1. The first-order valence-electron chi connectivity index (χ1n) is 11.7. The molecule has 0 bridgehead atoms. The quantitative estimate of drug-likeness (QED) is 0.310. The summed E-state index contributed by atoms with van der Waals surface area (Å²) in [5.41, 5.74) is 4.29. The smallest absolute Gasteiger partial charge is 0.221 e. The van der Waals surface area contributed by atoms with Gasteiger partial charge in [0.2, 0.25) is 5.91 Å². The molecule has 4 rings (SSSR count). The standard InChI is InChI=1S/C29H32N2O4/c1-31-19-25(23-11-7-8-12-26(23)31)24(18-29(32)30-15-16-33-2)22-13-14-27(34-3)28(17-22)35-20-21-9-5-4-6-10-21/h4-14,17,19,24H,15-16,18,20H2,1-3H3,(H,30,32). The van der Waals surface area contributed by atoms with Gasteiger partial charge in [0.1, 0.15) is 6.61 Å². The van der Waals surface area contributed by atoms with Gasteiger partial charge in [0.25, 0.3) is 0 Å². The first-order chi connectivity index (χ1) is 17.1. The number of nitrogens with one attached hydrogen (secondary N) is 1. The minimum Gasteiger partial charge on any atom is -0.493 e. The molecule has 0 aliphatic rings. The molecule has 1 aromatic heterocycles. The van der Waals surface area contributed by atoms with Crippen molar-refractivity contribution in [1.82, 2.24) is 9.88 Å². The highest BCUT2D eigenvalue weighted by atomic mass is 16.5. The van der Waals surface area contributed by atoms with Crippen molar-refractivity contribution in [2.24, 2.45) is 7.05 Å². The van der Waals surface area contributed by atoms with Crippen LogP contribution in [0.5, 0.6) is 11.5 Å². The van der Waals surface area contributed by atoms with E-state index in [0.717, 1.165) is 27.6 Å². The number of hydrogen-bond acceptors (Lipinski definition) is 4. The van der Waals surface area contributed by atoms with Gasteiger partial charge in [0.05, 0.1) is 13.7 Å². The Bertz CT molecular complexity index is 1270. The van der Waals surface area contributed by atoms with Gasteiger partial charge in [-0.05, 0) is 34.9 Å². The zero-order chi connectivity index (χ0) is 24.6. The van der Waals surface area contributed by atoms with E-state index < -0.39 is 0 Å². The molecule has 0 fully saturated rings. The highest BCUT2D eigenvalue weighted by Gasteiger charge is 2.23. The summed E-state index contributed by atoms with van der Waals surface area (Å²) in [6.45, 7) is 1.38.